The number of rotatable bonds is 3. The van der Waals surface area contributed by atoms with Crippen LogP contribution in [0.25, 0.3) is 0 Å². The fourth-order valence-corrected chi connectivity index (χ4v) is 3.14. The topological polar surface area (TPSA) is 84.2 Å². The van der Waals surface area contributed by atoms with Crippen molar-refractivity contribution in [3.8, 4) is 11.8 Å². The van der Waals surface area contributed by atoms with Crippen LogP contribution in [0.15, 0.2) is 18.2 Å². The number of ether oxygens (including phenoxy) is 2. The summed E-state index contributed by atoms with van der Waals surface area (Å²) in [4.78, 5) is 17.9. The van der Waals surface area contributed by atoms with E-state index < -0.39 is 0 Å². The van der Waals surface area contributed by atoms with Crippen molar-refractivity contribution in [2.75, 3.05) is 19.0 Å². The molecule has 1 aromatic heterocycles. The van der Waals surface area contributed by atoms with Crippen LogP contribution < -0.4 is 10.1 Å². The summed E-state index contributed by atoms with van der Waals surface area (Å²) < 4.78 is 10.5. The Bertz CT molecular complexity index is 740. The van der Waals surface area contributed by atoms with E-state index in [1.165, 1.54) is 24.5 Å². The van der Waals surface area contributed by atoms with Gasteiger partial charge in [-0.3, -0.25) is 10.1 Å². The van der Waals surface area contributed by atoms with Gasteiger partial charge in [-0.1, -0.05) is 11.3 Å². The number of carbonyl (C=O) groups is 1. The third kappa shape index (κ3) is 2.79. The first-order valence-electron chi connectivity index (χ1n) is 6.67. The SMILES string of the molecule is COc1ccc(C#N)cc1C(=O)Nc1nc2c(s1)COCC2. The van der Waals surface area contributed by atoms with E-state index in [4.69, 9.17) is 14.7 Å². The molecule has 1 aromatic carbocycles. The fourth-order valence-electron chi connectivity index (χ4n) is 2.20. The first-order valence-corrected chi connectivity index (χ1v) is 7.48. The highest BCUT2D eigenvalue weighted by molar-refractivity contribution is 7.15. The molecule has 2 aromatic rings. The van der Waals surface area contributed by atoms with Crippen LogP contribution in [0.2, 0.25) is 0 Å². The number of anilines is 1. The molecule has 0 spiro atoms. The minimum absolute atomic E-state index is 0.311. The van der Waals surface area contributed by atoms with Gasteiger partial charge < -0.3 is 9.47 Å². The quantitative estimate of drug-likeness (QED) is 0.940. The molecule has 0 atom stereocenters. The van der Waals surface area contributed by atoms with Gasteiger partial charge in [0, 0.05) is 6.42 Å². The third-order valence-corrected chi connectivity index (χ3v) is 4.27. The van der Waals surface area contributed by atoms with Gasteiger partial charge in [-0.25, -0.2) is 4.98 Å². The van der Waals surface area contributed by atoms with Gasteiger partial charge >= 0.3 is 0 Å². The third-order valence-electron chi connectivity index (χ3n) is 3.29. The van der Waals surface area contributed by atoms with Crippen molar-refractivity contribution in [3.63, 3.8) is 0 Å². The lowest BCUT2D eigenvalue weighted by Gasteiger charge is -2.08. The molecule has 0 fully saturated rings. The zero-order valence-electron chi connectivity index (χ0n) is 11.9. The predicted octanol–water partition coefficient (Wildman–Crippen LogP) is 2.35. The molecule has 22 heavy (non-hydrogen) atoms. The van der Waals surface area contributed by atoms with E-state index >= 15 is 0 Å². The number of aromatic nitrogens is 1. The maximum atomic E-state index is 12.4. The van der Waals surface area contributed by atoms with Gasteiger partial charge in [0.05, 0.1) is 48.1 Å². The molecular formula is C15H13N3O3S. The first kappa shape index (κ1) is 14.5. The zero-order chi connectivity index (χ0) is 15.5. The Balaban J connectivity index is 1.85. The Labute approximate surface area is 131 Å². The monoisotopic (exact) mass is 315 g/mol. The van der Waals surface area contributed by atoms with E-state index in [-0.39, 0.29) is 5.91 Å². The second-order valence-corrected chi connectivity index (χ2v) is 5.76. The van der Waals surface area contributed by atoms with Crippen LogP contribution in [0.5, 0.6) is 5.75 Å². The van der Waals surface area contributed by atoms with Crippen molar-refractivity contribution < 1.29 is 14.3 Å². The average Bonchev–Trinajstić information content (AvgIpc) is 2.96. The summed E-state index contributed by atoms with van der Waals surface area (Å²) in [5, 5.41) is 12.3. The number of nitrogens with one attached hydrogen (secondary N) is 1. The summed E-state index contributed by atoms with van der Waals surface area (Å²) >= 11 is 1.41. The number of fused-ring (bicyclic) bond motifs is 1. The van der Waals surface area contributed by atoms with Gasteiger partial charge in [-0.2, -0.15) is 5.26 Å². The predicted molar refractivity (Wildman–Crippen MR) is 81.1 cm³/mol. The molecular weight excluding hydrogens is 302 g/mol. The molecule has 112 valence electrons. The van der Waals surface area contributed by atoms with E-state index in [0.717, 1.165) is 17.0 Å². The van der Waals surface area contributed by atoms with Gasteiger partial charge in [0.2, 0.25) is 0 Å². The summed E-state index contributed by atoms with van der Waals surface area (Å²) in [7, 11) is 1.48. The van der Waals surface area contributed by atoms with E-state index in [0.29, 0.717) is 35.2 Å². The first-order chi connectivity index (χ1) is 10.7. The average molecular weight is 315 g/mol. The Hall–Kier alpha value is -2.43. The van der Waals surface area contributed by atoms with Crippen molar-refractivity contribution in [2.24, 2.45) is 0 Å². The molecule has 0 radical (unpaired) electrons. The van der Waals surface area contributed by atoms with Crippen molar-refractivity contribution in [1.82, 2.24) is 4.98 Å². The molecule has 2 heterocycles. The summed E-state index contributed by atoms with van der Waals surface area (Å²) in [5.41, 5.74) is 1.69. The van der Waals surface area contributed by atoms with E-state index in [2.05, 4.69) is 10.3 Å². The fraction of sp³-hybridized carbons (Fsp3) is 0.267. The van der Waals surface area contributed by atoms with Crippen LogP contribution >= 0.6 is 11.3 Å². The van der Waals surface area contributed by atoms with Gasteiger partial charge in [-0.15, -0.1) is 0 Å². The summed E-state index contributed by atoms with van der Waals surface area (Å²) in [6, 6.07) is 6.73. The van der Waals surface area contributed by atoms with Crippen molar-refractivity contribution in [1.29, 1.82) is 5.26 Å². The normalized spacial score (nSPS) is 13.1. The molecule has 1 aliphatic rings. The maximum absolute atomic E-state index is 12.4. The summed E-state index contributed by atoms with van der Waals surface area (Å²) in [5.74, 6) is 0.0714. The molecule has 0 aliphatic carbocycles. The smallest absolute Gasteiger partial charge is 0.261 e. The number of carbonyl (C=O) groups excluding carboxylic acids is 1. The lowest BCUT2D eigenvalue weighted by Crippen LogP contribution is -2.13. The number of hydrogen-bond acceptors (Lipinski definition) is 6. The van der Waals surface area contributed by atoms with Gasteiger partial charge in [0.25, 0.3) is 5.91 Å². The Kier molecular flexibility index (Phi) is 4.04. The van der Waals surface area contributed by atoms with E-state index in [9.17, 15) is 4.79 Å². The van der Waals surface area contributed by atoms with Crippen LogP contribution in [-0.2, 0) is 17.8 Å². The molecule has 0 unspecified atom stereocenters. The van der Waals surface area contributed by atoms with E-state index in [1.54, 1.807) is 12.1 Å². The van der Waals surface area contributed by atoms with Crippen molar-refractivity contribution in [2.45, 2.75) is 13.0 Å². The highest BCUT2D eigenvalue weighted by atomic mass is 32.1. The van der Waals surface area contributed by atoms with Crippen LogP contribution in [0, 0.1) is 11.3 Å². The standard InChI is InChI=1S/C15H13N3O3S/c1-20-12-3-2-9(7-16)6-10(12)14(19)18-15-17-11-4-5-21-8-13(11)22-15/h2-3,6H,4-5,8H2,1H3,(H,17,18,19). The minimum atomic E-state index is -0.346. The molecule has 0 saturated carbocycles. The van der Waals surface area contributed by atoms with Crippen LogP contribution in [0.1, 0.15) is 26.5 Å². The molecule has 1 amide bonds. The number of thiazole rings is 1. The number of methoxy groups -OCH3 is 1. The van der Waals surface area contributed by atoms with Crippen LogP contribution in [-0.4, -0.2) is 24.6 Å². The van der Waals surface area contributed by atoms with Gasteiger partial charge in [0.1, 0.15) is 5.75 Å². The Morgan fingerprint density at radius 2 is 2.41 bits per heavy atom. The molecule has 0 saturated heterocycles. The number of amides is 1. The van der Waals surface area contributed by atoms with E-state index in [1.807, 2.05) is 6.07 Å². The molecule has 3 rings (SSSR count). The van der Waals surface area contributed by atoms with Crippen LogP contribution in [0.3, 0.4) is 0 Å². The molecule has 0 bridgehead atoms. The van der Waals surface area contributed by atoms with Crippen LogP contribution in [0.4, 0.5) is 5.13 Å². The van der Waals surface area contributed by atoms with Crippen molar-refractivity contribution in [3.05, 3.63) is 39.9 Å². The Morgan fingerprint density at radius 1 is 1.55 bits per heavy atom. The summed E-state index contributed by atoms with van der Waals surface area (Å²) in [6.07, 6.45) is 0.759. The van der Waals surface area contributed by atoms with Crippen molar-refractivity contribution >= 4 is 22.4 Å². The second-order valence-electron chi connectivity index (χ2n) is 4.67. The lowest BCUT2D eigenvalue weighted by molar-refractivity contribution is 0.102. The van der Waals surface area contributed by atoms with Gasteiger partial charge in [-0.05, 0) is 18.2 Å². The highest BCUT2D eigenvalue weighted by Crippen LogP contribution is 2.28. The summed E-state index contributed by atoms with van der Waals surface area (Å²) in [6.45, 7) is 1.19. The highest BCUT2D eigenvalue weighted by Gasteiger charge is 2.19. The molecule has 1 aliphatic heterocycles. The zero-order valence-corrected chi connectivity index (χ0v) is 12.7. The number of benzene rings is 1. The second kappa shape index (κ2) is 6.13. The molecule has 7 heteroatoms. The number of nitrogens with zero attached hydrogens (tertiary/aromatic N) is 2. The largest absolute Gasteiger partial charge is 0.496 e. The minimum Gasteiger partial charge on any atom is -0.496 e. The molecule has 1 N–H and O–H groups in total. The lowest BCUT2D eigenvalue weighted by atomic mass is 10.1. The maximum Gasteiger partial charge on any atom is 0.261 e. The Morgan fingerprint density at radius 3 is 3.14 bits per heavy atom. The van der Waals surface area contributed by atoms with Gasteiger partial charge in [0.15, 0.2) is 5.13 Å². The number of hydrogen-bond donors (Lipinski definition) is 1. The molecule has 6 nitrogen and oxygen atoms in total. The number of nitriles is 1.